The molecular formula is C22H36N4O. The zero-order chi connectivity index (χ0) is 18.9. The van der Waals surface area contributed by atoms with E-state index in [4.69, 9.17) is 0 Å². The molecule has 4 rings (SSSR count). The molecule has 150 valence electrons. The van der Waals surface area contributed by atoms with Gasteiger partial charge >= 0.3 is 0 Å². The Bertz CT molecular complexity index is 644. The maximum absolute atomic E-state index is 12.9. The molecule has 3 aliphatic rings. The molecule has 27 heavy (non-hydrogen) atoms. The number of piperidine rings is 1. The number of hydrogen-bond acceptors (Lipinski definition) is 3. The molecule has 1 amide bonds. The average molecular weight is 373 g/mol. The van der Waals surface area contributed by atoms with Gasteiger partial charge in [0.2, 0.25) is 0 Å². The highest BCUT2D eigenvalue weighted by atomic mass is 16.2. The van der Waals surface area contributed by atoms with Gasteiger partial charge in [0.1, 0.15) is 0 Å². The zero-order valence-corrected chi connectivity index (χ0v) is 17.3. The van der Waals surface area contributed by atoms with Crippen molar-refractivity contribution in [3.05, 3.63) is 17.5 Å². The van der Waals surface area contributed by atoms with E-state index in [1.54, 1.807) is 4.68 Å². The number of carbonyl (C=O) groups excluding carboxylic acids is 1. The van der Waals surface area contributed by atoms with Crippen LogP contribution in [0.15, 0.2) is 6.07 Å². The number of hydrogen-bond donors (Lipinski definition) is 0. The van der Waals surface area contributed by atoms with Crippen LogP contribution < -0.4 is 0 Å². The normalized spacial score (nSPS) is 27.6. The van der Waals surface area contributed by atoms with E-state index in [0.29, 0.717) is 11.1 Å². The summed E-state index contributed by atoms with van der Waals surface area (Å²) in [5.74, 6) is 1.08. The molecule has 2 aliphatic heterocycles. The predicted molar refractivity (Wildman–Crippen MR) is 108 cm³/mol. The lowest BCUT2D eigenvalue weighted by atomic mass is 9.79. The molecule has 0 radical (unpaired) electrons. The number of rotatable bonds is 4. The van der Waals surface area contributed by atoms with Crippen molar-refractivity contribution in [3.63, 3.8) is 0 Å². The molecule has 0 bridgehead atoms. The Labute approximate surface area is 164 Å². The number of nitrogens with zero attached hydrogens (tertiary/aromatic N) is 4. The van der Waals surface area contributed by atoms with Crippen molar-refractivity contribution in [1.82, 2.24) is 19.6 Å². The van der Waals surface area contributed by atoms with Crippen LogP contribution in [-0.4, -0.2) is 58.2 Å². The summed E-state index contributed by atoms with van der Waals surface area (Å²) in [4.78, 5) is 17.7. The van der Waals surface area contributed by atoms with E-state index < -0.39 is 0 Å². The number of aryl methyl sites for hydroxylation is 2. The van der Waals surface area contributed by atoms with Crippen molar-refractivity contribution < 1.29 is 4.79 Å². The summed E-state index contributed by atoms with van der Waals surface area (Å²) in [5.41, 5.74) is 1.97. The van der Waals surface area contributed by atoms with Crippen LogP contribution in [0.3, 0.4) is 0 Å². The smallest absolute Gasteiger partial charge is 0.274 e. The highest BCUT2D eigenvalue weighted by molar-refractivity contribution is 5.92. The summed E-state index contributed by atoms with van der Waals surface area (Å²) in [6.07, 6.45) is 12.3. The second-order valence-corrected chi connectivity index (χ2v) is 9.44. The number of aromatic nitrogens is 2. The fourth-order valence-electron chi connectivity index (χ4n) is 5.61. The molecule has 5 nitrogen and oxygen atoms in total. The molecular weight excluding hydrogens is 336 g/mol. The van der Waals surface area contributed by atoms with Gasteiger partial charge in [0, 0.05) is 37.8 Å². The Balaban J connectivity index is 1.32. The molecule has 0 aromatic carbocycles. The third kappa shape index (κ3) is 4.23. The second kappa shape index (κ2) is 7.94. The molecule has 1 aliphatic carbocycles. The zero-order valence-electron chi connectivity index (χ0n) is 17.3. The van der Waals surface area contributed by atoms with Crippen LogP contribution in [-0.2, 0) is 7.05 Å². The van der Waals surface area contributed by atoms with Gasteiger partial charge in [0.25, 0.3) is 5.91 Å². The maximum Gasteiger partial charge on any atom is 0.274 e. The quantitative estimate of drug-likeness (QED) is 0.810. The topological polar surface area (TPSA) is 41.4 Å². The third-order valence-electron chi connectivity index (χ3n) is 7.38. The Morgan fingerprint density at radius 1 is 1.15 bits per heavy atom. The largest absolute Gasteiger partial charge is 0.337 e. The first-order valence-electron chi connectivity index (χ1n) is 11.1. The van der Waals surface area contributed by atoms with E-state index in [1.165, 1.54) is 71.0 Å². The first kappa shape index (κ1) is 19.0. The average Bonchev–Trinajstić information content (AvgIpc) is 3.24. The van der Waals surface area contributed by atoms with Crippen molar-refractivity contribution in [3.8, 4) is 0 Å². The molecule has 1 spiro atoms. The van der Waals surface area contributed by atoms with E-state index in [1.807, 2.05) is 20.0 Å². The lowest BCUT2D eigenvalue weighted by molar-refractivity contribution is 0.0669. The lowest BCUT2D eigenvalue weighted by Gasteiger charge is -2.41. The van der Waals surface area contributed by atoms with E-state index in [9.17, 15) is 4.79 Å². The minimum absolute atomic E-state index is 0.120. The van der Waals surface area contributed by atoms with Gasteiger partial charge < -0.3 is 9.80 Å². The predicted octanol–water partition coefficient (Wildman–Crippen LogP) is 3.63. The van der Waals surface area contributed by atoms with Gasteiger partial charge in [-0.25, -0.2) is 0 Å². The molecule has 0 N–H and O–H groups in total. The molecule has 5 heteroatoms. The molecule has 1 aromatic heterocycles. The Morgan fingerprint density at radius 3 is 2.70 bits per heavy atom. The third-order valence-corrected chi connectivity index (χ3v) is 7.38. The summed E-state index contributed by atoms with van der Waals surface area (Å²) < 4.78 is 1.80. The standard InChI is InChI=1S/C22H36N4O/c1-18-15-20(23-24(18)2)21(27)26-14-11-22(17-26)10-6-12-25(16-22)13-9-19-7-4-3-5-8-19/h15,19H,3-14,16-17H2,1-2H3. The van der Waals surface area contributed by atoms with Gasteiger partial charge in [-0.05, 0) is 57.7 Å². The SMILES string of the molecule is Cc1cc(C(=O)N2CCC3(CCCN(CCC4CCCCC4)C3)C2)nn1C. The maximum atomic E-state index is 12.9. The van der Waals surface area contributed by atoms with E-state index in [0.717, 1.165) is 31.1 Å². The summed E-state index contributed by atoms with van der Waals surface area (Å²) >= 11 is 0. The monoisotopic (exact) mass is 372 g/mol. The van der Waals surface area contributed by atoms with Crippen LogP contribution in [0, 0.1) is 18.3 Å². The Hall–Kier alpha value is -1.36. The molecule has 1 unspecified atom stereocenters. The minimum Gasteiger partial charge on any atom is -0.337 e. The van der Waals surface area contributed by atoms with Gasteiger partial charge in [-0.1, -0.05) is 32.1 Å². The molecule has 1 aromatic rings. The first-order chi connectivity index (χ1) is 13.0. The summed E-state index contributed by atoms with van der Waals surface area (Å²) in [7, 11) is 1.91. The van der Waals surface area contributed by atoms with Crippen LogP contribution in [0.5, 0.6) is 0 Å². The van der Waals surface area contributed by atoms with E-state index in [-0.39, 0.29) is 5.91 Å². The highest BCUT2D eigenvalue weighted by Gasteiger charge is 2.43. The van der Waals surface area contributed by atoms with Gasteiger partial charge in [0.15, 0.2) is 5.69 Å². The van der Waals surface area contributed by atoms with Gasteiger partial charge in [-0.15, -0.1) is 0 Å². The van der Waals surface area contributed by atoms with Crippen molar-refractivity contribution in [1.29, 1.82) is 0 Å². The lowest BCUT2D eigenvalue weighted by Crippen LogP contribution is -2.46. The molecule has 2 saturated heterocycles. The molecule has 3 fully saturated rings. The van der Waals surface area contributed by atoms with Crippen molar-refractivity contribution in [2.75, 3.05) is 32.7 Å². The highest BCUT2D eigenvalue weighted by Crippen LogP contribution is 2.39. The Morgan fingerprint density at radius 2 is 1.96 bits per heavy atom. The fraction of sp³-hybridized carbons (Fsp3) is 0.818. The fourth-order valence-corrected chi connectivity index (χ4v) is 5.61. The van der Waals surface area contributed by atoms with Crippen LogP contribution >= 0.6 is 0 Å². The van der Waals surface area contributed by atoms with Crippen molar-refractivity contribution in [2.45, 2.75) is 64.7 Å². The van der Waals surface area contributed by atoms with Crippen LogP contribution in [0.2, 0.25) is 0 Å². The number of amides is 1. The van der Waals surface area contributed by atoms with E-state index >= 15 is 0 Å². The van der Waals surface area contributed by atoms with Gasteiger partial charge in [-0.3, -0.25) is 9.48 Å². The van der Waals surface area contributed by atoms with Crippen LogP contribution in [0.4, 0.5) is 0 Å². The first-order valence-corrected chi connectivity index (χ1v) is 11.1. The molecule has 3 heterocycles. The van der Waals surface area contributed by atoms with Gasteiger partial charge in [0.05, 0.1) is 0 Å². The second-order valence-electron chi connectivity index (χ2n) is 9.44. The number of likely N-dealkylation sites (tertiary alicyclic amines) is 2. The van der Waals surface area contributed by atoms with Gasteiger partial charge in [-0.2, -0.15) is 5.10 Å². The van der Waals surface area contributed by atoms with Crippen LogP contribution in [0.1, 0.15) is 74.0 Å². The Kier molecular flexibility index (Phi) is 5.58. The van der Waals surface area contributed by atoms with E-state index in [2.05, 4.69) is 14.9 Å². The van der Waals surface area contributed by atoms with Crippen molar-refractivity contribution in [2.24, 2.45) is 18.4 Å². The summed E-state index contributed by atoms with van der Waals surface area (Å²) in [6.45, 7) is 7.51. The molecule has 1 saturated carbocycles. The minimum atomic E-state index is 0.120. The summed E-state index contributed by atoms with van der Waals surface area (Å²) in [5, 5.41) is 4.40. The van der Waals surface area contributed by atoms with Crippen molar-refractivity contribution >= 4 is 5.91 Å². The molecule has 1 atom stereocenters. The number of carbonyl (C=O) groups is 1. The van der Waals surface area contributed by atoms with Crippen LogP contribution in [0.25, 0.3) is 0 Å². The summed E-state index contributed by atoms with van der Waals surface area (Å²) in [6, 6.07) is 1.92.